The monoisotopic (exact) mass is 528 g/mol. The summed E-state index contributed by atoms with van der Waals surface area (Å²) < 4.78 is 36.8. The number of methoxy groups -OCH3 is 1. The van der Waals surface area contributed by atoms with Crippen molar-refractivity contribution in [2.45, 2.75) is 45.3 Å². The Bertz CT molecular complexity index is 990. The fraction of sp³-hybridized carbons (Fsp3) is 0.400. The molecule has 1 amide bonds. The van der Waals surface area contributed by atoms with Crippen LogP contribution in [0.15, 0.2) is 53.9 Å². The molecule has 0 saturated carbocycles. The molecule has 1 heterocycles. The number of thiophene rings is 1. The Balaban J connectivity index is 0.000000809. The number of nitrogens with one attached hydrogen (secondary N) is 1. The molecule has 0 radical (unpaired) electrons. The zero-order valence-electron chi connectivity index (χ0n) is 20.2. The second-order valence-electron chi connectivity index (χ2n) is 8.33. The Morgan fingerprint density at radius 1 is 1.17 bits per heavy atom. The van der Waals surface area contributed by atoms with Gasteiger partial charge in [-0.3, -0.25) is 9.59 Å². The lowest BCUT2D eigenvalue weighted by molar-refractivity contribution is -0.192. The van der Waals surface area contributed by atoms with Gasteiger partial charge in [0.15, 0.2) is 0 Å². The lowest BCUT2D eigenvalue weighted by atomic mass is 9.89. The average Bonchev–Trinajstić information content (AvgIpc) is 3.30. The summed E-state index contributed by atoms with van der Waals surface area (Å²) >= 11 is 1.61. The molecule has 2 rings (SSSR count). The van der Waals surface area contributed by atoms with Crippen LogP contribution in [0.4, 0.5) is 18.9 Å². The Kier molecular flexibility index (Phi) is 12.9. The van der Waals surface area contributed by atoms with E-state index in [2.05, 4.69) is 19.2 Å². The molecule has 2 atom stereocenters. The number of carbonyl (C=O) groups excluding carboxylic acids is 2. The van der Waals surface area contributed by atoms with E-state index in [1.54, 1.807) is 42.7 Å². The highest BCUT2D eigenvalue weighted by Crippen LogP contribution is 2.20. The summed E-state index contributed by atoms with van der Waals surface area (Å²) in [5.74, 6) is -1.82. The van der Waals surface area contributed by atoms with E-state index in [0.717, 1.165) is 17.0 Å². The molecule has 2 aromatic rings. The summed E-state index contributed by atoms with van der Waals surface area (Å²) in [6.07, 6.45) is -0.0165. The number of aliphatic carboxylic acids is 1. The van der Waals surface area contributed by atoms with Crippen molar-refractivity contribution in [1.29, 1.82) is 0 Å². The van der Waals surface area contributed by atoms with Crippen LogP contribution in [0.5, 0.6) is 5.75 Å². The Labute approximate surface area is 212 Å². The van der Waals surface area contributed by atoms with Gasteiger partial charge in [0.25, 0.3) is 0 Å². The highest BCUT2D eigenvalue weighted by molar-refractivity contribution is 7.09. The standard InChI is InChI=1S/C23H30N2O3S.C2HF3O2/c1-16(2)13-17(14-22(26)21(24)15-20-5-4-12-29-20)6-11-23(27)25-18-7-9-19(28-3)10-8-18;3-2(4,5)1(6)7/h4-12,16-17,21H,13-15,24H2,1-3H3,(H,25,27);(H,6,7)/b11-6+;/t17-,21+;/m1./s1. The van der Waals surface area contributed by atoms with Crippen molar-refractivity contribution in [2.24, 2.45) is 17.6 Å². The van der Waals surface area contributed by atoms with Gasteiger partial charge >= 0.3 is 12.1 Å². The number of ether oxygens (including phenoxy) is 1. The summed E-state index contributed by atoms with van der Waals surface area (Å²) in [6.45, 7) is 4.21. The molecule has 7 nitrogen and oxygen atoms in total. The molecule has 4 N–H and O–H groups in total. The number of ketones is 1. The topological polar surface area (TPSA) is 119 Å². The smallest absolute Gasteiger partial charge is 0.490 e. The minimum atomic E-state index is -5.08. The molecule has 198 valence electrons. The number of halogens is 3. The Morgan fingerprint density at radius 2 is 1.78 bits per heavy atom. The van der Waals surface area contributed by atoms with Crippen molar-refractivity contribution < 1.29 is 37.4 Å². The first-order valence-electron chi connectivity index (χ1n) is 11.1. The van der Waals surface area contributed by atoms with E-state index in [9.17, 15) is 22.8 Å². The van der Waals surface area contributed by atoms with Gasteiger partial charge in [-0.05, 0) is 60.0 Å². The lowest BCUT2D eigenvalue weighted by Crippen LogP contribution is -2.33. The largest absolute Gasteiger partial charge is 0.497 e. The van der Waals surface area contributed by atoms with Crippen molar-refractivity contribution in [3.05, 3.63) is 58.8 Å². The van der Waals surface area contributed by atoms with E-state index >= 15 is 0 Å². The van der Waals surface area contributed by atoms with Crippen LogP contribution in [0.1, 0.15) is 31.6 Å². The third kappa shape index (κ3) is 12.5. The molecule has 36 heavy (non-hydrogen) atoms. The fourth-order valence-electron chi connectivity index (χ4n) is 3.09. The summed E-state index contributed by atoms with van der Waals surface area (Å²) in [5, 5.41) is 11.9. The molecule has 1 aromatic carbocycles. The first-order chi connectivity index (χ1) is 16.8. The third-order valence-corrected chi connectivity index (χ3v) is 5.67. The highest BCUT2D eigenvalue weighted by Gasteiger charge is 2.38. The van der Waals surface area contributed by atoms with Crippen LogP contribution in [0, 0.1) is 11.8 Å². The summed E-state index contributed by atoms with van der Waals surface area (Å²) in [6, 6.07) is 10.6. The number of hydrogen-bond donors (Lipinski definition) is 3. The highest BCUT2D eigenvalue weighted by atomic mass is 32.1. The maximum Gasteiger partial charge on any atom is 0.490 e. The number of hydrogen-bond acceptors (Lipinski definition) is 6. The van der Waals surface area contributed by atoms with Crippen LogP contribution in [-0.4, -0.2) is 42.1 Å². The van der Waals surface area contributed by atoms with E-state index in [4.69, 9.17) is 20.4 Å². The SMILES string of the molecule is COc1ccc(NC(=O)/C=C/[C@@H](CC(=O)[C@@H](N)Cc2cccs2)CC(C)C)cc1.O=C(O)C(F)(F)F. The number of alkyl halides is 3. The van der Waals surface area contributed by atoms with Crippen molar-refractivity contribution in [3.8, 4) is 5.75 Å². The number of carboxylic acids is 1. The molecule has 0 bridgehead atoms. The molecule has 0 aliphatic heterocycles. The number of carbonyl (C=O) groups is 3. The van der Waals surface area contributed by atoms with Gasteiger partial charge in [0.05, 0.1) is 13.2 Å². The zero-order valence-corrected chi connectivity index (χ0v) is 21.1. The minimum Gasteiger partial charge on any atom is -0.497 e. The molecule has 0 fully saturated rings. The van der Waals surface area contributed by atoms with E-state index in [0.29, 0.717) is 24.4 Å². The zero-order chi connectivity index (χ0) is 27.3. The van der Waals surface area contributed by atoms with Crippen LogP contribution in [-0.2, 0) is 20.8 Å². The van der Waals surface area contributed by atoms with E-state index in [1.165, 1.54) is 6.08 Å². The summed E-state index contributed by atoms with van der Waals surface area (Å²) in [5.41, 5.74) is 6.80. The van der Waals surface area contributed by atoms with Crippen molar-refractivity contribution in [3.63, 3.8) is 0 Å². The lowest BCUT2D eigenvalue weighted by Gasteiger charge is -2.17. The molecular weight excluding hydrogens is 497 g/mol. The van der Waals surface area contributed by atoms with E-state index in [-0.39, 0.29) is 17.6 Å². The predicted molar refractivity (Wildman–Crippen MR) is 133 cm³/mol. The molecule has 0 spiro atoms. The molecular formula is C25H31F3N2O5S. The molecule has 0 unspecified atom stereocenters. The number of anilines is 1. The molecule has 0 aliphatic rings. The molecule has 0 saturated heterocycles. The molecule has 11 heteroatoms. The van der Waals surface area contributed by atoms with Crippen molar-refractivity contribution in [2.75, 3.05) is 12.4 Å². The number of Topliss-reactive ketones (excluding diaryl/α,β-unsaturated/α-hetero) is 1. The van der Waals surface area contributed by atoms with Crippen LogP contribution < -0.4 is 15.8 Å². The summed E-state index contributed by atoms with van der Waals surface area (Å²) in [4.78, 5) is 34.8. The van der Waals surface area contributed by atoms with Crippen molar-refractivity contribution >= 4 is 34.7 Å². The van der Waals surface area contributed by atoms with Crippen molar-refractivity contribution in [1.82, 2.24) is 0 Å². The van der Waals surface area contributed by atoms with Crippen LogP contribution in [0.3, 0.4) is 0 Å². The summed E-state index contributed by atoms with van der Waals surface area (Å²) in [7, 11) is 1.60. The first kappa shape index (κ1) is 30.9. The predicted octanol–water partition coefficient (Wildman–Crippen LogP) is 5.08. The average molecular weight is 529 g/mol. The maximum atomic E-state index is 12.6. The van der Waals surface area contributed by atoms with Crippen LogP contribution in [0.25, 0.3) is 0 Å². The quantitative estimate of drug-likeness (QED) is 0.350. The Morgan fingerprint density at radius 3 is 2.25 bits per heavy atom. The number of amides is 1. The van der Waals surface area contributed by atoms with Gasteiger partial charge in [-0.25, -0.2) is 4.79 Å². The first-order valence-corrected chi connectivity index (χ1v) is 11.9. The van der Waals surface area contributed by atoms with Gasteiger partial charge in [-0.1, -0.05) is 26.0 Å². The van der Waals surface area contributed by atoms with E-state index in [1.807, 2.05) is 23.6 Å². The fourth-order valence-corrected chi connectivity index (χ4v) is 3.85. The normalized spacial score (nSPS) is 13.0. The van der Waals surface area contributed by atoms with Gasteiger partial charge in [-0.2, -0.15) is 13.2 Å². The molecule has 0 aliphatic carbocycles. The second-order valence-corrected chi connectivity index (χ2v) is 9.36. The van der Waals surface area contributed by atoms with Gasteiger partial charge in [-0.15, -0.1) is 11.3 Å². The number of carboxylic acid groups (broad SMARTS) is 1. The van der Waals surface area contributed by atoms with Crippen LogP contribution in [0.2, 0.25) is 0 Å². The van der Waals surface area contributed by atoms with Crippen LogP contribution >= 0.6 is 11.3 Å². The second kappa shape index (κ2) is 15.0. The maximum absolute atomic E-state index is 12.6. The van der Waals surface area contributed by atoms with E-state index < -0.39 is 18.2 Å². The minimum absolute atomic E-state index is 0.0153. The van der Waals surface area contributed by atoms with Gasteiger partial charge in [0, 0.05) is 23.4 Å². The number of benzene rings is 1. The number of allylic oxidation sites excluding steroid dienone is 1. The Hall–Kier alpha value is -3.18. The van der Waals surface area contributed by atoms with Gasteiger partial charge in [0.2, 0.25) is 5.91 Å². The number of rotatable bonds is 11. The molecule has 1 aromatic heterocycles. The van der Waals surface area contributed by atoms with Gasteiger partial charge < -0.3 is 20.9 Å². The third-order valence-electron chi connectivity index (χ3n) is 4.77. The number of nitrogens with two attached hydrogens (primary N) is 1. The van der Waals surface area contributed by atoms with Gasteiger partial charge in [0.1, 0.15) is 11.5 Å².